The average Bonchev–Trinajstić information content (AvgIpc) is 1.94. The zero-order valence-electron chi connectivity index (χ0n) is 5.25. The molecule has 0 aliphatic carbocycles. The summed E-state index contributed by atoms with van der Waals surface area (Å²) in [6.07, 6.45) is 2.45. The second-order valence-corrected chi connectivity index (χ2v) is 2.74. The maximum atomic E-state index is 10.8. The molecule has 1 aliphatic heterocycles. The summed E-state index contributed by atoms with van der Waals surface area (Å²) in [5.41, 5.74) is 0. The van der Waals surface area contributed by atoms with E-state index >= 15 is 0 Å². The van der Waals surface area contributed by atoms with Crippen molar-refractivity contribution in [3.8, 4) is 0 Å². The van der Waals surface area contributed by atoms with E-state index in [1.54, 1.807) is 0 Å². The van der Waals surface area contributed by atoms with Gasteiger partial charge in [0.2, 0.25) is 5.24 Å². The van der Waals surface area contributed by atoms with Crippen LogP contribution >= 0.6 is 23.2 Å². The molecule has 1 amide bonds. The Morgan fingerprint density at radius 3 is 2.73 bits per heavy atom. The lowest BCUT2D eigenvalue weighted by Gasteiger charge is -2.05. The Bertz CT molecular complexity index is 270. The number of allylic oxidation sites excluding steroid dienone is 1. The van der Waals surface area contributed by atoms with Crippen LogP contribution in [0.25, 0.3) is 0 Å². The number of halogens is 2. The molecule has 1 aliphatic rings. The highest BCUT2D eigenvalue weighted by molar-refractivity contribution is 6.66. The van der Waals surface area contributed by atoms with Crippen molar-refractivity contribution in [3.63, 3.8) is 0 Å². The number of aliphatic imine (C=N–C) groups is 1. The highest BCUT2D eigenvalue weighted by Crippen LogP contribution is 2.15. The molecule has 0 aromatic heterocycles. The molecule has 0 aromatic rings. The lowest BCUT2D eigenvalue weighted by Crippen LogP contribution is -2.19. The van der Waals surface area contributed by atoms with Gasteiger partial charge in [0.1, 0.15) is 5.92 Å². The van der Waals surface area contributed by atoms with Gasteiger partial charge in [-0.05, 0) is 17.7 Å². The Balaban J connectivity index is 2.90. The van der Waals surface area contributed by atoms with Crippen molar-refractivity contribution in [2.45, 2.75) is 0 Å². The van der Waals surface area contributed by atoms with Crippen molar-refractivity contribution in [2.24, 2.45) is 10.9 Å². The summed E-state index contributed by atoms with van der Waals surface area (Å²) in [6.45, 7) is 0. The van der Waals surface area contributed by atoms with E-state index in [1.165, 1.54) is 12.3 Å². The van der Waals surface area contributed by atoms with Crippen LogP contribution in [0.2, 0.25) is 0 Å². The van der Waals surface area contributed by atoms with Gasteiger partial charge in [-0.25, -0.2) is 4.99 Å². The van der Waals surface area contributed by atoms with Crippen molar-refractivity contribution in [1.29, 1.82) is 0 Å². The van der Waals surface area contributed by atoms with Crippen LogP contribution in [0.15, 0.2) is 16.1 Å². The van der Waals surface area contributed by atoms with Crippen molar-refractivity contribution in [1.82, 2.24) is 0 Å². The molecular formula is C6H3Cl2NO2. The lowest BCUT2D eigenvalue weighted by molar-refractivity contribution is -0.126. The number of amides is 1. The van der Waals surface area contributed by atoms with Crippen LogP contribution in [-0.2, 0) is 9.59 Å². The minimum atomic E-state index is -1.01. The smallest absolute Gasteiger partial charge is 0.261 e. The van der Waals surface area contributed by atoms with E-state index in [2.05, 4.69) is 4.99 Å². The number of rotatable bonds is 1. The Morgan fingerprint density at radius 2 is 2.27 bits per heavy atom. The Kier molecular flexibility index (Phi) is 2.42. The summed E-state index contributed by atoms with van der Waals surface area (Å²) < 4.78 is 0. The van der Waals surface area contributed by atoms with Crippen LogP contribution in [0.4, 0.5) is 0 Å². The molecule has 1 rings (SSSR count). The molecule has 0 saturated carbocycles. The van der Waals surface area contributed by atoms with Crippen LogP contribution in [0.5, 0.6) is 0 Å². The highest BCUT2D eigenvalue weighted by Gasteiger charge is 2.24. The van der Waals surface area contributed by atoms with Gasteiger partial charge >= 0.3 is 0 Å². The van der Waals surface area contributed by atoms with Crippen molar-refractivity contribution < 1.29 is 9.59 Å². The van der Waals surface area contributed by atoms with Crippen LogP contribution in [0.3, 0.4) is 0 Å². The van der Waals surface area contributed by atoms with Crippen LogP contribution < -0.4 is 0 Å². The van der Waals surface area contributed by atoms with E-state index in [0.29, 0.717) is 0 Å². The zero-order chi connectivity index (χ0) is 8.43. The molecule has 0 saturated heterocycles. The summed E-state index contributed by atoms with van der Waals surface area (Å²) in [6, 6.07) is 0. The lowest BCUT2D eigenvalue weighted by atomic mass is 10.1. The van der Waals surface area contributed by atoms with Gasteiger partial charge in [0.25, 0.3) is 5.91 Å². The number of carbonyl (C=O) groups excluding carboxylic acids is 2. The van der Waals surface area contributed by atoms with E-state index in [0.717, 1.165) is 0 Å². The molecule has 0 radical (unpaired) electrons. The molecule has 11 heavy (non-hydrogen) atoms. The van der Waals surface area contributed by atoms with E-state index in [4.69, 9.17) is 23.2 Å². The van der Waals surface area contributed by atoms with Crippen LogP contribution in [0, 0.1) is 5.92 Å². The number of nitrogens with zero attached hydrogens (tertiary/aromatic N) is 1. The third-order valence-electron chi connectivity index (χ3n) is 1.15. The topological polar surface area (TPSA) is 46.5 Å². The molecule has 58 valence electrons. The van der Waals surface area contributed by atoms with Gasteiger partial charge in [0.15, 0.2) is 0 Å². The first-order valence-electron chi connectivity index (χ1n) is 2.76. The third kappa shape index (κ3) is 1.88. The monoisotopic (exact) mass is 191 g/mol. The van der Waals surface area contributed by atoms with E-state index in [1.807, 2.05) is 0 Å². The van der Waals surface area contributed by atoms with Gasteiger partial charge in [-0.3, -0.25) is 9.59 Å². The van der Waals surface area contributed by atoms with E-state index in [9.17, 15) is 9.59 Å². The maximum absolute atomic E-state index is 10.8. The molecule has 0 spiro atoms. The molecule has 1 unspecified atom stereocenters. The largest absolute Gasteiger partial charge is 0.280 e. The second kappa shape index (κ2) is 3.15. The fourth-order valence-electron chi connectivity index (χ4n) is 0.642. The summed E-state index contributed by atoms with van der Waals surface area (Å²) in [5.74, 6) is -1.58. The first kappa shape index (κ1) is 8.43. The summed E-state index contributed by atoms with van der Waals surface area (Å²) in [4.78, 5) is 24.6. The molecular weight excluding hydrogens is 189 g/mol. The number of dihydropyridines is 1. The Morgan fingerprint density at radius 1 is 1.64 bits per heavy atom. The molecule has 5 heteroatoms. The van der Waals surface area contributed by atoms with Crippen molar-refractivity contribution in [3.05, 3.63) is 11.1 Å². The quantitative estimate of drug-likeness (QED) is 0.461. The van der Waals surface area contributed by atoms with E-state index < -0.39 is 17.1 Å². The number of hydrogen-bond acceptors (Lipinski definition) is 2. The highest BCUT2D eigenvalue weighted by atomic mass is 35.5. The zero-order valence-corrected chi connectivity index (χ0v) is 6.76. The second-order valence-electron chi connectivity index (χ2n) is 1.93. The summed E-state index contributed by atoms with van der Waals surface area (Å²) >= 11 is 10.5. The SMILES string of the molecule is O=C(Cl)C1C=C(Cl)C=NC1=O. The minimum absolute atomic E-state index is 0.253. The normalized spacial score (nSPS) is 23.3. The van der Waals surface area contributed by atoms with Gasteiger partial charge < -0.3 is 0 Å². The summed E-state index contributed by atoms with van der Waals surface area (Å²) in [7, 11) is 0. The fraction of sp³-hybridized carbons (Fsp3) is 0.167. The predicted molar refractivity (Wildman–Crippen MR) is 41.8 cm³/mol. The fourth-order valence-corrected chi connectivity index (χ4v) is 0.973. The first-order chi connectivity index (χ1) is 5.11. The third-order valence-corrected chi connectivity index (χ3v) is 1.61. The van der Waals surface area contributed by atoms with E-state index in [-0.39, 0.29) is 5.03 Å². The Hall–Kier alpha value is -0.670. The van der Waals surface area contributed by atoms with Crippen LogP contribution in [0.1, 0.15) is 0 Å². The summed E-state index contributed by atoms with van der Waals surface area (Å²) in [5, 5.41) is -0.506. The van der Waals surface area contributed by atoms with Gasteiger partial charge in [0.05, 0.1) is 5.03 Å². The number of carbonyl (C=O) groups is 2. The molecule has 0 N–H and O–H groups in total. The molecule has 3 nitrogen and oxygen atoms in total. The standard InChI is InChI=1S/C6H3Cl2NO2/c7-3-1-4(5(8)10)6(11)9-2-3/h1-2,4H. The van der Waals surface area contributed by atoms with Crippen LogP contribution in [-0.4, -0.2) is 17.4 Å². The number of hydrogen-bond donors (Lipinski definition) is 0. The van der Waals surface area contributed by atoms with Crippen molar-refractivity contribution in [2.75, 3.05) is 0 Å². The Labute approximate surface area is 72.7 Å². The van der Waals surface area contributed by atoms with Gasteiger partial charge in [-0.2, -0.15) is 0 Å². The minimum Gasteiger partial charge on any atom is -0.280 e. The molecule has 1 heterocycles. The molecule has 1 atom stereocenters. The van der Waals surface area contributed by atoms with Gasteiger partial charge in [-0.1, -0.05) is 11.6 Å². The van der Waals surface area contributed by atoms with Crippen molar-refractivity contribution >= 4 is 40.6 Å². The van der Waals surface area contributed by atoms with Gasteiger partial charge in [-0.15, -0.1) is 0 Å². The molecule has 0 aromatic carbocycles. The molecule has 0 fully saturated rings. The van der Waals surface area contributed by atoms with Gasteiger partial charge in [0, 0.05) is 6.21 Å². The predicted octanol–water partition coefficient (Wildman–Crippen LogP) is 1.10. The first-order valence-corrected chi connectivity index (χ1v) is 3.51. The molecule has 0 bridgehead atoms. The average molecular weight is 192 g/mol. The maximum Gasteiger partial charge on any atom is 0.261 e.